The maximum Gasteiger partial charge on any atom is 0.193 e. The molecule has 0 aliphatic rings. The number of aryl methyl sites for hydroxylation is 3. The molecular formula is C44H36O3. The highest BCUT2D eigenvalue weighted by molar-refractivity contribution is 6.11. The van der Waals surface area contributed by atoms with E-state index in [1.165, 1.54) is 0 Å². The van der Waals surface area contributed by atoms with E-state index in [9.17, 15) is 14.4 Å². The third kappa shape index (κ3) is 7.43. The van der Waals surface area contributed by atoms with E-state index in [-0.39, 0.29) is 17.3 Å². The van der Waals surface area contributed by atoms with E-state index in [4.69, 9.17) is 0 Å². The Morgan fingerprint density at radius 2 is 0.681 bits per heavy atom. The van der Waals surface area contributed by atoms with Crippen LogP contribution in [0.25, 0.3) is 0 Å². The number of carbonyl (C=O) groups excluding carboxylic acids is 3. The van der Waals surface area contributed by atoms with Gasteiger partial charge < -0.3 is 0 Å². The topological polar surface area (TPSA) is 51.2 Å². The number of ketones is 3. The van der Waals surface area contributed by atoms with Crippen molar-refractivity contribution < 1.29 is 14.4 Å². The SMILES string of the molecule is Cc1ccc(C(=O)c2ccc(Cc3ccc(Cc4ccc(C(=O)c5ccc(C)cc5)cc4)c(C(=O)c4ccc(C)cc4)c3)cc2)cc1. The Balaban J connectivity index is 1.24. The summed E-state index contributed by atoms with van der Waals surface area (Å²) in [7, 11) is 0. The molecule has 0 saturated carbocycles. The summed E-state index contributed by atoms with van der Waals surface area (Å²) >= 11 is 0. The molecule has 47 heavy (non-hydrogen) atoms. The minimum atomic E-state index is -0.0212. The van der Waals surface area contributed by atoms with Gasteiger partial charge in [0.15, 0.2) is 17.3 Å². The van der Waals surface area contributed by atoms with Crippen molar-refractivity contribution >= 4 is 17.3 Å². The molecule has 0 aromatic heterocycles. The van der Waals surface area contributed by atoms with Crippen LogP contribution in [0.3, 0.4) is 0 Å². The van der Waals surface area contributed by atoms with Crippen LogP contribution < -0.4 is 0 Å². The molecule has 6 aromatic carbocycles. The Bertz CT molecular complexity index is 2050. The van der Waals surface area contributed by atoms with Crippen LogP contribution in [0.5, 0.6) is 0 Å². The second-order valence-corrected chi connectivity index (χ2v) is 12.3. The van der Waals surface area contributed by atoms with Gasteiger partial charge in [0.1, 0.15) is 0 Å². The summed E-state index contributed by atoms with van der Waals surface area (Å²) in [6.45, 7) is 6.01. The summed E-state index contributed by atoms with van der Waals surface area (Å²) in [5.41, 5.74) is 11.3. The Labute approximate surface area is 276 Å². The number of benzene rings is 6. The Morgan fingerprint density at radius 1 is 0.362 bits per heavy atom. The number of carbonyl (C=O) groups is 3. The van der Waals surface area contributed by atoms with Crippen LogP contribution in [-0.2, 0) is 12.8 Å². The van der Waals surface area contributed by atoms with Gasteiger partial charge in [-0.05, 0) is 61.9 Å². The fourth-order valence-corrected chi connectivity index (χ4v) is 5.71. The first-order valence-corrected chi connectivity index (χ1v) is 15.9. The first-order valence-electron chi connectivity index (χ1n) is 15.9. The van der Waals surface area contributed by atoms with Gasteiger partial charge in [-0.15, -0.1) is 0 Å². The summed E-state index contributed by atoms with van der Waals surface area (Å²) < 4.78 is 0. The first-order chi connectivity index (χ1) is 22.7. The van der Waals surface area contributed by atoms with Crippen molar-refractivity contribution in [2.75, 3.05) is 0 Å². The van der Waals surface area contributed by atoms with Crippen LogP contribution in [0, 0.1) is 20.8 Å². The minimum Gasteiger partial charge on any atom is -0.289 e. The maximum absolute atomic E-state index is 13.9. The Hall–Kier alpha value is -5.67. The first kappa shape index (κ1) is 31.3. The van der Waals surface area contributed by atoms with Crippen molar-refractivity contribution in [3.05, 3.63) is 212 Å². The van der Waals surface area contributed by atoms with Crippen molar-refractivity contribution in [2.24, 2.45) is 0 Å². The number of rotatable bonds is 10. The molecule has 0 N–H and O–H groups in total. The summed E-state index contributed by atoms with van der Waals surface area (Å²) in [6.07, 6.45) is 1.19. The van der Waals surface area contributed by atoms with E-state index in [0.29, 0.717) is 46.2 Å². The van der Waals surface area contributed by atoms with E-state index in [0.717, 1.165) is 38.9 Å². The monoisotopic (exact) mass is 612 g/mol. The van der Waals surface area contributed by atoms with Gasteiger partial charge in [-0.25, -0.2) is 0 Å². The summed E-state index contributed by atoms with van der Waals surface area (Å²) in [5.74, 6) is -0.0322. The largest absolute Gasteiger partial charge is 0.289 e. The van der Waals surface area contributed by atoms with Gasteiger partial charge in [0.2, 0.25) is 0 Å². The summed E-state index contributed by atoms with van der Waals surface area (Å²) in [5, 5.41) is 0. The number of hydrogen-bond donors (Lipinski definition) is 0. The molecule has 0 radical (unpaired) electrons. The molecule has 0 aliphatic carbocycles. The lowest BCUT2D eigenvalue weighted by Crippen LogP contribution is -2.08. The zero-order valence-corrected chi connectivity index (χ0v) is 26.9. The molecule has 0 fully saturated rings. The molecule has 0 unspecified atom stereocenters. The Morgan fingerprint density at radius 3 is 1.09 bits per heavy atom. The van der Waals surface area contributed by atoms with E-state index in [2.05, 4.69) is 6.07 Å². The van der Waals surface area contributed by atoms with E-state index in [1.54, 1.807) is 0 Å². The fraction of sp³-hybridized carbons (Fsp3) is 0.114. The second-order valence-electron chi connectivity index (χ2n) is 12.3. The van der Waals surface area contributed by atoms with E-state index >= 15 is 0 Å². The maximum atomic E-state index is 13.9. The molecule has 3 heteroatoms. The Kier molecular flexibility index (Phi) is 9.17. The van der Waals surface area contributed by atoms with Gasteiger partial charge in [-0.2, -0.15) is 0 Å². The quantitative estimate of drug-likeness (QED) is 0.145. The van der Waals surface area contributed by atoms with Crippen molar-refractivity contribution in [3.8, 4) is 0 Å². The molecule has 0 spiro atoms. The van der Waals surface area contributed by atoms with Crippen LogP contribution in [0.2, 0.25) is 0 Å². The standard InChI is InChI=1S/C44H36O3/c1-29-4-15-35(16-5-29)42(45)37-21-10-32(11-22-37)26-34-14-25-40(41(28-34)44(47)39-19-8-31(3)9-20-39)27-33-12-23-38(24-13-33)43(46)36-17-6-30(2)7-18-36/h4-25,28H,26-27H2,1-3H3. The average molecular weight is 613 g/mol. The molecule has 0 aliphatic heterocycles. The average Bonchev–Trinajstić information content (AvgIpc) is 3.10. The molecule has 0 bridgehead atoms. The van der Waals surface area contributed by atoms with Crippen LogP contribution in [0.1, 0.15) is 86.7 Å². The fourth-order valence-electron chi connectivity index (χ4n) is 5.71. The molecule has 6 aromatic rings. The smallest absolute Gasteiger partial charge is 0.193 e. The van der Waals surface area contributed by atoms with Crippen LogP contribution >= 0.6 is 0 Å². The van der Waals surface area contributed by atoms with Gasteiger partial charge >= 0.3 is 0 Å². The molecule has 3 nitrogen and oxygen atoms in total. The van der Waals surface area contributed by atoms with E-state index < -0.39 is 0 Å². The van der Waals surface area contributed by atoms with Gasteiger partial charge in [0.05, 0.1) is 0 Å². The molecule has 6 rings (SSSR count). The molecular weight excluding hydrogens is 576 g/mol. The number of hydrogen-bond acceptors (Lipinski definition) is 3. The third-order valence-corrected chi connectivity index (χ3v) is 8.60. The zero-order valence-electron chi connectivity index (χ0n) is 26.9. The molecule has 0 amide bonds. The van der Waals surface area contributed by atoms with Crippen LogP contribution in [0.4, 0.5) is 0 Å². The molecule has 0 atom stereocenters. The zero-order chi connectivity index (χ0) is 32.9. The predicted octanol–water partition coefficient (Wildman–Crippen LogP) is 9.49. The summed E-state index contributed by atoms with van der Waals surface area (Å²) in [4.78, 5) is 39.9. The van der Waals surface area contributed by atoms with Crippen molar-refractivity contribution in [2.45, 2.75) is 33.6 Å². The minimum absolute atomic E-state index is 0.000526. The molecule has 0 saturated heterocycles. The van der Waals surface area contributed by atoms with Gasteiger partial charge in [0.25, 0.3) is 0 Å². The van der Waals surface area contributed by atoms with Crippen molar-refractivity contribution in [1.82, 2.24) is 0 Å². The van der Waals surface area contributed by atoms with Crippen LogP contribution in [0.15, 0.2) is 140 Å². The lowest BCUT2D eigenvalue weighted by Gasteiger charge is -2.13. The normalized spacial score (nSPS) is 10.9. The third-order valence-electron chi connectivity index (χ3n) is 8.60. The highest BCUT2D eigenvalue weighted by Gasteiger charge is 2.17. The van der Waals surface area contributed by atoms with Crippen molar-refractivity contribution in [3.63, 3.8) is 0 Å². The van der Waals surface area contributed by atoms with Gasteiger partial charge in [-0.3, -0.25) is 14.4 Å². The summed E-state index contributed by atoms with van der Waals surface area (Å²) in [6, 6.07) is 44.4. The molecule has 230 valence electrons. The van der Waals surface area contributed by atoms with Crippen LogP contribution in [-0.4, -0.2) is 17.3 Å². The highest BCUT2D eigenvalue weighted by atomic mass is 16.1. The van der Waals surface area contributed by atoms with Crippen molar-refractivity contribution in [1.29, 1.82) is 0 Å². The second kappa shape index (κ2) is 13.8. The lowest BCUT2D eigenvalue weighted by atomic mass is 9.90. The van der Waals surface area contributed by atoms with Gasteiger partial charge in [0, 0.05) is 33.4 Å². The van der Waals surface area contributed by atoms with E-state index in [1.807, 2.05) is 154 Å². The predicted molar refractivity (Wildman–Crippen MR) is 189 cm³/mol. The van der Waals surface area contributed by atoms with Gasteiger partial charge in [-0.1, -0.05) is 150 Å². The lowest BCUT2D eigenvalue weighted by molar-refractivity contribution is 0.103. The molecule has 0 heterocycles. The highest BCUT2D eigenvalue weighted by Crippen LogP contribution is 2.24.